The smallest absolute Gasteiger partial charge is 0.254 e. The first-order valence-electron chi connectivity index (χ1n) is 7.77. The topological polar surface area (TPSA) is 38.8 Å². The Morgan fingerprint density at radius 3 is 2.24 bits per heavy atom. The number of nitrogens with zero attached hydrogens (tertiary/aromatic N) is 1. The summed E-state index contributed by atoms with van der Waals surface area (Å²) in [6.07, 6.45) is 6.13. The van der Waals surface area contributed by atoms with Crippen LogP contribution in [0.15, 0.2) is 18.2 Å². The van der Waals surface area contributed by atoms with Crippen LogP contribution in [0.2, 0.25) is 0 Å². The van der Waals surface area contributed by atoms with Crippen molar-refractivity contribution in [3.8, 4) is 11.5 Å². The lowest BCUT2D eigenvalue weighted by molar-refractivity contribution is 0.0625. The molecule has 1 aromatic carbocycles. The summed E-state index contributed by atoms with van der Waals surface area (Å²) in [5.74, 6) is 2.15. The maximum absolute atomic E-state index is 12.9. The molecule has 0 aromatic heterocycles. The van der Waals surface area contributed by atoms with E-state index in [0.29, 0.717) is 29.0 Å². The molecule has 0 radical (unpaired) electrons. The van der Waals surface area contributed by atoms with Crippen molar-refractivity contribution in [2.24, 2.45) is 5.92 Å². The predicted octanol–water partition coefficient (Wildman–Crippen LogP) is 3.11. The maximum atomic E-state index is 12.9. The second kappa shape index (κ2) is 5.96. The second-order valence-corrected chi connectivity index (χ2v) is 6.00. The lowest BCUT2D eigenvalue weighted by Gasteiger charge is -2.37. The lowest BCUT2D eigenvalue weighted by atomic mass is 9.78. The van der Waals surface area contributed by atoms with Gasteiger partial charge in [-0.3, -0.25) is 4.79 Å². The number of carbonyl (C=O) groups excluding carboxylic acids is 1. The number of hydrogen-bond acceptors (Lipinski definition) is 3. The van der Waals surface area contributed by atoms with E-state index in [4.69, 9.17) is 9.47 Å². The molecule has 4 heteroatoms. The fourth-order valence-corrected chi connectivity index (χ4v) is 3.46. The largest absolute Gasteiger partial charge is 0.497 e. The zero-order chi connectivity index (χ0) is 14.8. The molecule has 4 nitrogen and oxygen atoms in total. The van der Waals surface area contributed by atoms with Gasteiger partial charge in [0.2, 0.25) is 0 Å². The summed E-state index contributed by atoms with van der Waals surface area (Å²) in [5.41, 5.74) is 0.664. The van der Waals surface area contributed by atoms with Gasteiger partial charge < -0.3 is 14.4 Å². The molecular weight excluding hydrogens is 266 g/mol. The van der Waals surface area contributed by atoms with Crippen LogP contribution in [0.1, 0.15) is 42.5 Å². The summed E-state index contributed by atoms with van der Waals surface area (Å²) in [4.78, 5) is 14.9. The van der Waals surface area contributed by atoms with Crippen LogP contribution in [0.3, 0.4) is 0 Å². The third kappa shape index (κ3) is 2.71. The van der Waals surface area contributed by atoms with Crippen molar-refractivity contribution in [1.82, 2.24) is 4.90 Å². The SMILES string of the molecule is COc1cc(OC)cc(C(=O)N2CCCC2C2CCC2)c1. The Balaban J connectivity index is 1.83. The summed E-state index contributed by atoms with van der Waals surface area (Å²) in [5, 5.41) is 0. The van der Waals surface area contributed by atoms with Crippen LogP contribution in [-0.2, 0) is 0 Å². The number of hydrogen-bond donors (Lipinski definition) is 0. The Morgan fingerprint density at radius 1 is 1.05 bits per heavy atom. The zero-order valence-electron chi connectivity index (χ0n) is 12.8. The number of amides is 1. The van der Waals surface area contributed by atoms with E-state index in [-0.39, 0.29) is 5.91 Å². The molecule has 1 unspecified atom stereocenters. The van der Waals surface area contributed by atoms with E-state index in [9.17, 15) is 4.79 Å². The molecule has 2 fully saturated rings. The minimum atomic E-state index is 0.113. The maximum Gasteiger partial charge on any atom is 0.254 e. The normalized spacial score (nSPS) is 22.0. The summed E-state index contributed by atoms with van der Waals surface area (Å²) in [6, 6.07) is 5.84. The molecule has 0 bridgehead atoms. The highest BCUT2D eigenvalue weighted by Gasteiger charge is 2.37. The van der Waals surface area contributed by atoms with E-state index >= 15 is 0 Å². The highest BCUT2D eigenvalue weighted by molar-refractivity contribution is 5.95. The molecule has 1 atom stereocenters. The van der Waals surface area contributed by atoms with Crippen LogP contribution in [-0.4, -0.2) is 37.6 Å². The minimum Gasteiger partial charge on any atom is -0.497 e. The van der Waals surface area contributed by atoms with Gasteiger partial charge in [0.1, 0.15) is 11.5 Å². The van der Waals surface area contributed by atoms with Crippen LogP contribution in [0, 0.1) is 5.92 Å². The summed E-state index contributed by atoms with van der Waals surface area (Å²) >= 11 is 0. The van der Waals surface area contributed by atoms with Crippen LogP contribution >= 0.6 is 0 Å². The molecule has 3 rings (SSSR count). The van der Waals surface area contributed by atoms with Crippen LogP contribution < -0.4 is 9.47 Å². The van der Waals surface area contributed by atoms with Crippen molar-refractivity contribution in [2.75, 3.05) is 20.8 Å². The molecule has 21 heavy (non-hydrogen) atoms. The van der Waals surface area contributed by atoms with E-state index in [1.807, 2.05) is 0 Å². The molecule has 1 saturated heterocycles. The Hall–Kier alpha value is -1.71. The van der Waals surface area contributed by atoms with E-state index in [0.717, 1.165) is 19.4 Å². The molecule has 0 N–H and O–H groups in total. The van der Waals surface area contributed by atoms with Gasteiger partial charge in [0.25, 0.3) is 5.91 Å². The molecule has 1 aliphatic carbocycles. The van der Waals surface area contributed by atoms with Crippen LogP contribution in [0.5, 0.6) is 11.5 Å². The number of ether oxygens (including phenoxy) is 2. The summed E-state index contributed by atoms with van der Waals surface area (Å²) < 4.78 is 10.5. The first kappa shape index (κ1) is 14.2. The highest BCUT2D eigenvalue weighted by atomic mass is 16.5. The third-order valence-electron chi connectivity index (χ3n) is 4.85. The fourth-order valence-electron chi connectivity index (χ4n) is 3.46. The molecule has 2 aliphatic rings. The number of benzene rings is 1. The third-order valence-corrected chi connectivity index (χ3v) is 4.85. The molecule has 0 spiro atoms. The van der Waals surface area contributed by atoms with Gasteiger partial charge in [-0.1, -0.05) is 6.42 Å². The van der Waals surface area contributed by atoms with Gasteiger partial charge in [-0.25, -0.2) is 0 Å². The quantitative estimate of drug-likeness (QED) is 0.855. The standard InChI is InChI=1S/C17H23NO3/c1-20-14-9-13(10-15(11-14)21-2)17(19)18-8-4-7-16(18)12-5-3-6-12/h9-12,16H,3-8H2,1-2H3. The Kier molecular flexibility index (Phi) is 4.04. The van der Waals surface area contributed by atoms with Gasteiger partial charge in [0.15, 0.2) is 0 Å². The second-order valence-electron chi connectivity index (χ2n) is 6.00. The Morgan fingerprint density at radius 2 is 1.71 bits per heavy atom. The van der Waals surface area contributed by atoms with Gasteiger partial charge in [-0.05, 0) is 43.7 Å². The van der Waals surface area contributed by atoms with E-state index < -0.39 is 0 Å². The molecule has 1 saturated carbocycles. The van der Waals surface area contributed by atoms with Gasteiger partial charge in [-0.2, -0.15) is 0 Å². The zero-order valence-corrected chi connectivity index (χ0v) is 12.8. The Labute approximate surface area is 126 Å². The predicted molar refractivity (Wildman–Crippen MR) is 80.9 cm³/mol. The van der Waals surface area contributed by atoms with Crippen LogP contribution in [0.4, 0.5) is 0 Å². The number of methoxy groups -OCH3 is 2. The van der Waals surface area contributed by atoms with E-state index in [1.54, 1.807) is 32.4 Å². The van der Waals surface area contributed by atoms with Gasteiger partial charge >= 0.3 is 0 Å². The lowest BCUT2D eigenvalue weighted by Crippen LogP contribution is -2.42. The first-order chi connectivity index (χ1) is 10.2. The van der Waals surface area contributed by atoms with Crippen molar-refractivity contribution in [1.29, 1.82) is 0 Å². The van der Waals surface area contributed by atoms with Crippen molar-refractivity contribution >= 4 is 5.91 Å². The molecular formula is C17H23NO3. The average Bonchev–Trinajstić information content (AvgIpc) is 2.93. The molecule has 114 valence electrons. The minimum absolute atomic E-state index is 0.113. The molecule has 1 aromatic rings. The fraction of sp³-hybridized carbons (Fsp3) is 0.588. The monoisotopic (exact) mass is 289 g/mol. The average molecular weight is 289 g/mol. The van der Waals surface area contributed by atoms with Crippen molar-refractivity contribution < 1.29 is 14.3 Å². The Bertz CT molecular complexity index is 503. The van der Waals surface area contributed by atoms with Crippen molar-refractivity contribution in [3.05, 3.63) is 23.8 Å². The highest BCUT2D eigenvalue weighted by Crippen LogP contribution is 2.38. The first-order valence-corrected chi connectivity index (χ1v) is 7.77. The molecule has 1 aliphatic heterocycles. The summed E-state index contributed by atoms with van der Waals surface area (Å²) in [7, 11) is 3.21. The van der Waals surface area contributed by atoms with Gasteiger partial charge in [-0.15, -0.1) is 0 Å². The number of carbonyl (C=O) groups is 1. The molecule has 1 heterocycles. The van der Waals surface area contributed by atoms with E-state index in [1.165, 1.54) is 19.3 Å². The van der Waals surface area contributed by atoms with E-state index in [2.05, 4.69) is 4.90 Å². The number of rotatable bonds is 4. The molecule has 1 amide bonds. The number of likely N-dealkylation sites (tertiary alicyclic amines) is 1. The van der Waals surface area contributed by atoms with Gasteiger partial charge in [0.05, 0.1) is 14.2 Å². The summed E-state index contributed by atoms with van der Waals surface area (Å²) in [6.45, 7) is 0.875. The van der Waals surface area contributed by atoms with Crippen molar-refractivity contribution in [2.45, 2.75) is 38.1 Å². The van der Waals surface area contributed by atoms with Gasteiger partial charge in [0, 0.05) is 24.2 Å². The van der Waals surface area contributed by atoms with Crippen LogP contribution in [0.25, 0.3) is 0 Å². The van der Waals surface area contributed by atoms with Crippen molar-refractivity contribution in [3.63, 3.8) is 0 Å².